The van der Waals surface area contributed by atoms with Gasteiger partial charge < -0.3 is 5.11 Å². The average molecular weight is 234 g/mol. The van der Waals surface area contributed by atoms with E-state index in [9.17, 15) is 9.18 Å². The van der Waals surface area contributed by atoms with Crippen LogP contribution in [-0.4, -0.2) is 11.1 Å². The maximum atomic E-state index is 13.9. The number of fused-ring (bicyclic) bond motifs is 1. The molecule has 0 spiro atoms. The lowest BCUT2D eigenvalue weighted by Crippen LogP contribution is -2.03. The quantitative estimate of drug-likeness (QED) is 0.871. The molecular weight excluding hydrogens is 219 g/mol. The molecule has 3 heteroatoms. The summed E-state index contributed by atoms with van der Waals surface area (Å²) in [5.41, 5.74) is 1.74. The molecule has 1 saturated carbocycles. The monoisotopic (exact) mass is 234 g/mol. The molecule has 2 atom stereocenters. The Morgan fingerprint density at radius 3 is 2.82 bits per heavy atom. The fraction of sp³-hybridized carbons (Fsp3) is 0.500. The smallest absolute Gasteiger partial charge is 0.303 e. The van der Waals surface area contributed by atoms with E-state index in [1.807, 2.05) is 6.07 Å². The second-order valence-corrected chi connectivity index (χ2v) is 5.22. The molecule has 0 saturated heterocycles. The van der Waals surface area contributed by atoms with E-state index < -0.39 is 5.97 Å². The lowest BCUT2D eigenvalue weighted by molar-refractivity contribution is -0.137. The van der Waals surface area contributed by atoms with Crippen molar-refractivity contribution in [2.24, 2.45) is 5.92 Å². The van der Waals surface area contributed by atoms with Crippen molar-refractivity contribution in [2.45, 2.75) is 37.5 Å². The van der Waals surface area contributed by atoms with E-state index in [0.29, 0.717) is 5.92 Å². The first kappa shape index (κ1) is 10.8. The third-order valence-electron chi connectivity index (χ3n) is 4.05. The maximum absolute atomic E-state index is 13.9. The zero-order chi connectivity index (χ0) is 12.0. The van der Waals surface area contributed by atoms with Gasteiger partial charge in [-0.1, -0.05) is 12.1 Å². The fourth-order valence-electron chi connectivity index (χ4n) is 3.18. The molecule has 2 nitrogen and oxygen atoms in total. The van der Waals surface area contributed by atoms with Crippen LogP contribution in [0, 0.1) is 11.7 Å². The molecule has 0 aromatic heterocycles. The SMILES string of the molecule is O=C(O)CC1CC(C2CC2)c2c(F)cccc21. The largest absolute Gasteiger partial charge is 0.481 e. The van der Waals surface area contributed by atoms with Crippen LogP contribution in [0.25, 0.3) is 0 Å². The van der Waals surface area contributed by atoms with Crippen molar-refractivity contribution in [3.8, 4) is 0 Å². The lowest BCUT2D eigenvalue weighted by Gasteiger charge is -2.10. The van der Waals surface area contributed by atoms with Crippen LogP contribution in [-0.2, 0) is 4.79 Å². The zero-order valence-electron chi connectivity index (χ0n) is 9.53. The van der Waals surface area contributed by atoms with Gasteiger partial charge in [-0.3, -0.25) is 4.79 Å². The molecule has 2 unspecified atom stereocenters. The number of aliphatic carboxylic acids is 1. The van der Waals surface area contributed by atoms with Crippen molar-refractivity contribution in [3.05, 3.63) is 35.1 Å². The van der Waals surface area contributed by atoms with Gasteiger partial charge in [-0.15, -0.1) is 0 Å². The van der Waals surface area contributed by atoms with Gasteiger partial charge in [-0.05, 0) is 54.2 Å². The van der Waals surface area contributed by atoms with Crippen molar-refractivity contribution in [2.75, 3.05) is 0 Å². The molecule has 1 aromatic carbocycles. The molecule has 1 N–H and O–H groups in total. The van der Waals surface area contributed by atoms with E-state index in [1.54, 1.807) is 6.07 Å². The highest BCUT2D eigenvalue weighted by molar-refractivity contribution is 5.68. The molecule has 1 aromatic rings. The van der Waals surface area contributed by atoms with Crippen molar-refractivity contribution < 1.29 is 14.3 Å². The summed E-state index contributed by atoms with van der Waals surface area (Å²) in [7, 11) is 0. The van der Waals surface area contributed by atoms with E-state index in [0.717, 1.165) is 30.4 Å². The predicted octanol–water partition coefficient (Wildman–Crippen LogP) is 3.28. The van der Waals surface area contributed by atoms with Crippen LogP contribution >= 0.6 is 0 Å². The molecule has 0 aliphatic heterocycles. The van der Waals surface area contributed by atoms with Crippen LogP contribution in [0.3, 0.4) is 0 Å². The minimum Gasteiger partial charge on any atom is -0.481 e. The molecule has 17 heavy (non-hydrogen) atoms. The first-order valence-corrected chi connectivity index (χ1v) is 6.17. The summed E-state index contributed by atoms with van der Waals surface area (Å²) in [5, 5.41) is 8.92. The summed E-state index contributed by atoms with van der Waals surface area (Å²) >= 11 is 0. The van der Waals surface area contributed by atoms with Gasteiger partial charge in [-0.25, -0.2) is 4.39 Å². The average Bonchev–Trinajstić information content (AvgIpc) is 3.03. The van der Waals surface area contributed by atoms with Crippen LogP contribution in [0.15, 0.2) is 18.2 Å². The van der Waals surface area contributed by atoms with Crippen molar-refractivity contribution in [3.63, 3.8) is 0 Å². The van der Waals surface area contributed by atoms with Crippen LogP contribution in [0.5, 0.6) is 0 Å². The number of benzene rings is 1. The van der Waals surface area contributed by atoms with E-state index >= 15 is 0 Å². The minimum absolute atomic E-state index is 0.00352. The van der Waals surface area contributed by atoms with Crippen LogP contribution in [0.4, 0.5) is 4.39 Å². The zero-order valence-corrected chi connectivity index (χ0v) is 9.53. The number of carboxylic acids is 1. The number of carbonyl (C=O) groups is 1. The Morgan fingerprint density at radius 1 is 1.41 bits per heavy atom. The Hall–Kier alpha value is -1.38. The van der Waals surface area contributed by atoms with Crippen molar-refractivity contribution in [1.29, 1.82) is 0 Å². The number of rotatable bonds is 3. The normalized spacial score (nSPS) is 26.9. The molecule has 3 rings (SSSR count). The Bertz CT molecular complexity index is 465. The number of hydrogen-bond donors (Lipinski definition) is 1. The molecule has 0 radical (unpaired) electrons. The summed E-state index contributed by atoms with van der Waals surface area (Å²) in [4.78, 5) is 10.8. The van der Waals surface area contributed by atoms with E-state index in [2.05, 4.69) is 0 Å². The summed E-state index contributed by atoms with van der Waals surface area (Å²) in [6, 6.07) is 5.09. The second-order valence-electron chi connectivity index (χ2n) is 5.22. The highest BCUT2D eigenvalue weighted by atomic mass is 19.1. The Labute approximate surface area is 99.5 Å². The van der Waals surface area contributed by atoms with Gasteiger partial charge >= 0.3 is 5.97 Å². The van der Waals surface area contributed by atoms with Gasteiger partial charge in [0.2, 0.25) is 0 Å². The van der Waals surface area contributed by atoms with Crippen LogP contribution < -0.4 is 0 Å². The topological polar surface area (TPSA) is 37.3 Å². The van der Waals surface area contributed by atoms with Gasteiger partial charge in [0.05, 0.1) is 6.42 Å². The summed E-state index contributed by atoms with van der Waals surface area (Å²) in [6.07, 6.45) is 3.27. The first-order valence-electron chi connectivity index (χ1n) is 6.17. The fourth-order valence-corrected chi connectivity index (χ4v) is 3.18. The first-order chi connectivity index (χ1) is 8.16. The highest BCUT2D eigenvalue weighted by Crippen LogP contribution is 2.54. The molecule has 0 heterocycles. The van der Waals surface area contributed by atoms with Crippen molar-refractivity contribution in [1.82, 2.24) is 0 Å². The van der Waals surface area contributed by atoms with Gasteiger partial charge in [-0.2, -0.15) is 0 Å². The van der Waals surface area contributed by atoms with Gasteiger partial charge in [0, 0.05) is 0 Å². The summed E-state index contributed by atoms with van der Waals surface area (Å²) in [5.74, 6) is -0.0854. The predicted molar refractivity (Wildman–Crippen MR) is 61.5 cm³/mol. The van der Waals surface area contributed by atoms with Crippen LogP contribution in [0.2, 0.25) is 0 Å². The van der Waals surface area contributed by atoms with Crippen LogP contribution in [0.1, 0.15) is 48.6 Å². The number of halogens is 1. The van der Waals surface area contributed by atoms with Gasteiger partial charge in [0.25, 0.3) is 0 Å². The molecular formula is C14H15FO2. The van der Waals surface area contributed by atoms with E-state index in [1.165, 1.54) is 6.07 Å². The Balaban J connectivity index is 1.98. The molecule has 90 valence electrons. The Morgan fingerprint density at radius 2 is 2.18 bits per heavy atom. The summed E-state index contributed by atoms with van der Waals surface area (Å²) < 4.78 is 13.9. The van der Waals surface area contributed by atoms with E-state index in [-0.39, 0.29) is 24.1 Å². The highest BCUT2D eigenvalue weighted by Gasteiger charge is 2.42. The minimum atomic E-state index is -0.790. The molecule has 2 aliphatic carbocycles. The van der Waals surface area contributed by atoms with E-state index in [4.69, 9.17) is 5.11 Å². The molecule has 0 bridgehead atoms. The lowest BCUT2D eigenvalue weighted by atomic mass is 9.95. The number of carboxylic acid groups (broad SMARTS) is 1. The Kier molecular flexibility index (Phi) is 2.42. The van der Waals surface area contributed by atoms with Crippen molar-refractivity contribution >= 4 is 5.97 Å². The van der Waals surface area contributed by atoms with Gasteiger partial charge in [0.15, 0.2) is 0 Å². The second kappa shape index (κ2) is 3.83. The maximum Gasteiger partial charge on any atom is 0.303 e. The molecule has 0 amide bonds. The standard InChI is InChI=1S/C14H15FO2/c15-12-3-1-2-10-9(7-13(16)17)6-11(14(10)12)8-4-5-8/h1-3,8-9,11H,4-7H2,(H,16,17). The molecule has 2 aliphatic rings. The third-order valence-corrected chi connectivity index (χ3v) is 4.05. The summed E-state index contributed by atoms with van der Waals surface area (Å²) in [6.45, 7) is 0. The van der Waals surface area contributed by atoms with Gasteiger partial charge in [0.1, 0.15) is 5.82 Å². The third kappa shape index (κ3) is 1.84. The molecule has 1 fully saturated rings. The number of hydrogen-bond acceptors (Lipinski definition) is 1.